The second-order valence-electron chi connectivity index (χ2n) is 9.59. The molecule has 1 atom stereocenters. The zero-order valence-corrected chi connectivity index (χ0v) is 20.4. The molecule has 5 rings (SSSR count). The van der Waals surface area contributed by atoms with Crippen LogP contribution in [-0.4, -0.2) is 69.8 Å². The number of carbonyl (C=O) groups is 1. The first-order valence-electron chi connectivity index (χ1n) is 12.1. The van der Waals surface area contributed by atoms with Crippen molar-refractivity contribution in [2.75, 3.05) is 26.2 Å². The summed E-state index contributed by atoms with van der Waals surface area (Å²) in [5.74, 6) is 1.87. The number of aliphatic imine (C=N–C) groups is 1. The lowest BCUT2D eigenvalue weighted by molar-refractivity contribution is -0.130. The Morgan fingerprint density at radius 1 is 1.26 bits per heavy atom. The molecule has 1 fully saturated rings. The monoisotopic (exact) mass is 459 g/mol. The minimum absolute atomic E-state index is 0.129. The van der Waals surface area contributed by atoms with Crippen molar-refractivity contribution in [1.82, 2.24) is 30.3 Å². The Balaban J connectivity index is 1.40. The highest BCUT2D eigenvalue weighted by Gasteiger charge is 2.33. The van der Waals surface area contributed by atoms with Crippen LogP contribution in [0, 0.1) is 0 Å². The number of nitrogens with zero attached hydrogens (tertiary/aromatic N) is 5. The van der Waals surface area contributed by atoms with Crippen molar-refractivity contribution in [1.29, 1.82) is 0 Å². The topological polar surface area (TPSA) is 76.1 Å². The summed E-state index contributed by atoms with van der Waals surface area (Å²) >= 11 is 0. The fourth-order valence-corrected chi connectivity index (χ4v) is 4.76. The van der Waals surface area contributed by atoms with E-state index in [-0.39, 0.29) is 11.9 Å². The molecule has 3 aliphatic rings. The van der Waals surface area contributed by atoms with Crippen molar-refractivity contribution >= 4 is 22.8 Å². The second-order valence-corrected chi connectivity index (χ2v) is 9.59. The van der Waals surface area contributed by atoms with Gasteiger partial charge in [0.2, 0.25) is 11.9 Å². The summed E-state index contributed by atoms with van der Waals surface area (Å²) in [5.41, 5.74) is 4.40. The van der Waals surface area contributed by atoms with E-state index in [1.54, 1.807) is 6.92 Å². The molecule has 8 heteroatoms. The number of aromatic nitrogens is 1. The second kappa shape index (κ2) is 9.00. The average molecular weight is 460 g/mol. The van der Waals surface area contributed by atoms with Gasteiger partial charge in [0.25, 0.3) is 0 Å². The van der Waals surface area contributed by atoms with E-state index in [9.17, 15) is 4.79 Å². The first-order chi connectivity index (χ1) is 16.4. The van der Waals surface area contributed by atoms with Crippen LogP contribution in [0.25, 0.3) is 10.9 Å². The third kappa shape index (κ3) is 4.32. The number of benzene rings is 1. The van der Waals surface area contributed by atoms with Gasteiger partial charge in [-0.25, -0.2) is 0 Å². The molecule has 0 aliphatic carbocycles. The van der Waals surface area contributed by atoms with Gasteiger partial charge in [0.1, 0.15) is 5.82 Å². The number of rotatable bonds is 4. The third-order valence-corrected chi connectivity index (χ3v) is 6.83. The highest BCUT2D eigenvalue weighted by atomic mass is 16.2. The molecule has 2 N–H and O–H groups in total. The quantitative estimate of drug-likeness (QED) is 0.732. The lowest BCUT2D eigenvalue weighted by Crippen LogP contribution is -2.58. The van der Waals surface area contributed by atoms with Gasteiger partial charge in [-0.15, -0.1) is 0 Å². The molecular formula is C26H33N7O. The van der Waals surface area contributed by atoms with Gasteiger partial charge in [0, 0.05) is 75.1 Å². The van der Waals surface area contributed by atoms with Gasteiger partial charge < -0.3 is 25.3 Å². The zero-order valence-electron chi connectivity index (χ0n) is 20.4. The third-order valence-electron chi connectivity index (χ3n) is 6.83. The van der Waals surface area contributed by atoms with Gasteiger partial charge in [0.15, 0.2) is 0 Å². The minimum atomic E-state index is 0.129. The van der Waals surface area contributed by atoms with Gasteiger partial charge >= 0.3 is 0 Å². The highest BCUT2D eigenvalue weighted by Crippen LogP contribution is 2.28. The van der Waals surface area contributed by atoms with Crippen molar-refractivity contribution in [2.24, 2.45) is 4.99 Å². The van der Waals surface area contributed by atoms with Crippen LogP contribution in [0.2, 0.25) is 0 Å². The van der Waals surface area contributed by atoms with E-state index < -0.39 is 0 Å². The fraction of sp³-hybridized carbons (Fsp3) is 0.423. The lowest BCUT2D eigenvalue weighted by Gasteiger charge is -2.42. The normalized spacial score (nSPS) is 20.4. The number of amides is 1. The summed E-state index contributed by atoms with van der Waals surface area (Å²) in [6.45, 7) is 11.8. The van der Waals surface area contributed by atoms with E-state index in [1.807, 2.05) is 29.3 Å². The Hall–Kier alpha value is -3.55. The van der Waals surface area contributed by atoms with Crippen LogP contribution in [0.3, 0.4) is 0 Å². The number of guanidine groups is 1. The molecule has 0 radical (unpaired) electrons. The van der Waals surface area contributed by atoms with Crippen LogP contribution in [0.1, 0.15) is 33.3 Å². The van der Waals surface area contributed by atoms with Gasteiger partial charge in [-0.3, -0.25) is 9.78 Å². The number of hydrogen-bond acceptors (Lipinski definition) is 7. The Bertz CT molecular complexity index is 1200. The Morgan fingerprint density at radius 3 is 2.85 bits per heavy atom. The standard InChI is InChI=1S/C26H33N7O/c1-17(2)32-15-22-24(16-32)29-26(33-10-9-31(19(4)34)14-18(33)3)30-25(22)28-13-20-11-21-7-5-6-8-23(21)27-12-20/h5-8,11-12,16-18,28H,9-10,13-15H2,1-4H3,(H,29,30). The lowest BCUT2D eigenvalue weighted by atomic mass is 10.1. The van der Waals surface area contributed by atoms with Crippen LogP contribution < -0.4 is 10.6 Å². The summed E-state index contributed by atoms with van der Waals surface area (Å²) in [5, 5.41) is 8.31. The summed E-state index contributed by atoms with van der Waals surface area (Å²) in [6, 6.07) is 10.9. The first-order valence-corrected chi connectivity index (χ1v) is 12.1. The summed E-state index contributed by atoms with van der Waals surface area (Å²) in [7, 11) is 0. The molecule has 178 valence electrons. The van der Waals surface area contributed by atoms with E-state index in [4.69, 9.17) is 4.99 Å². The molecule has 1 unspecified atom stereocenters. The molecular weight excluding hydrogens is 426 g/mol. The predicted octanol–water partition coefficient (Wildman–Crippen LogP) is 2.61. The zero-order chi connectivity index (χ0) is 23.8. The van der Waals surface area contributed by atoms with Gasteiger partial charge in [-0.05, 0) is 38.5 Å². The number of fused-ring (bicyclic) bond motifs is 2. The molecule has 0 saturated carbocycles. The van der Waals surface area contributed by atoms with Crippen LogP contribution in [0.15, 0.2) is 64.8 Å². The molecule has 8 nitrogen and oxygen atoms in total. The number of pyridine rings is 1. The molecule has 4 heterocycles. The largest absolute Gasteiger partial charge is 0.369 e. The molecule has 1 aromatic carbocycles. The maximum Gasteiger partial charge on any atom is 0.219 e. The Morgan fingerprint density at radius 2 is 2.09 bits per heavy atom. The Labute approximate surface area is 201 Å². The van der Waals surface area contributed by atoms with Gasteiger partial charge in [0.05, 0.1) is 11.2 Å². The van der Waals surface area contributed by atoms with Gasteiger partial charge in [-0.1, -0.05) is 18.2 Å². The van der Waals surface area contributed by atoms with E-state index in [0.717, 1.165) is 47.0 Å². The molecule has 1 aromatic heterocycles. The minimum Gasteiger partial charge on any atom is -0.369 e. The van der Waals surface area contributed by atoms with Crippen molar-refractivity contribution in [3.8, 4) is 0 Å². The van der Waals surface area contributed by atoms with Crippen LogP contribution >= 0.6 is 0 Å². The SMILES string of the molecule is CC(=O)N1CCN(C2=NC(NCc3cnc4ccccc4c3)=C3CN(C(C)C)C=C3N2)C(C)C1. The predicted molar refractivity (Wildman–Crippen MR) is 135 cm³/mol. The molecule has 34 heavy (non-hydrogen) atoms. The van der Waals surface area contributed by atoms with Crippen molar-refractivity contribution in [3.63, 3.8) is 0 Å². The van der Waals surface area contributed by atoms with Gasteiger partial charge in [-0.2, -0.15) is 4.99 Å². The fourth-order valence-electron chi connectivity index (χ4n) is 4.76. The van der Waals surface area contributed by atoms with Crippen molar-refractivity contribution < 1.29 is 4.79 Å². The maximum atomic E-state index is 11.9. The summed E-state index contributed by atoms with van der Waals surface area (Å²) < 4.78 is 0. The van der Waals surface area contributed by atoms with Crippen molar-refractivity contribution in [2.45, 2.75) is 46.3 Å². The van der Waals surface area contributed by atoms with E-state index >= 15 is 0 Å². The van der Waals surface area contributed by atoms with Crippen LogP contribution in [-0.2, 0) is 11.3 Å². The molecule has 2 aromatic rings. The van der Waals surface area contributed by atoms with Crippen molar-refractivity contribution in [3.05, 3.63) is 65.4 Å². The summed E-state index contributed by atoms with van der Waals surface area (Å²) in [4.78, 5) is 28.0. The number of para-hydroxylation sites is 1. The molecule has 0 bridgehead atoms. The molecule has 1 saturated heterocycles. The Kier molecular flexibility index (Phi) is 5.89. The van der Waals surface area contributed by atoms with Crippen LogP contribution in [0.5, 0.6) is 0 Å². The number of carbonyl (C=O) groups excluding carboxylic acids is 1. The first kappa shape index (κ1) is 22.3. The van der Waals surface area contributed by atoms with E-state index in [2.05, 4.69) is 64.5 Å². The highest BCUT2D eigenvalue weighted by molar-refractivity contribution is 5.86. The number of nitrogens with one attached hydrogen (secondary N) is 2. The van der Waals surface area contributed by atoms with Crippen LogP contribution in [0.4, 0.5) is 0 Å². The smallest absolute Gasteiger partial charge is 0.219 e. The number of piperazine rings is 1. The molecule has 1 amide bonds. The molecule has 0 spiro atoms. The van der Waals surface area contributed by atoms with E-state index in [1.165, 1.54) is 5.57 Å². The van der Waals surface area contributed by atoms with E-state index in [0.29, 0.717) is 25.7 Å². The molecule has 3 aliphatic heterocycles. The average Bonchev–Trinajstić information content (AvgIpc) is 3.27. The summed E-state index contributed by atoms with van der Waals surface area (Å²) in [6.07, 6.45) is 4.13. The number of hydrogen-bond donors (Lipinski definition) is 2. The maximum absolute atomic E-state index is 11.9.